The molecular weight excluding hydrogens is 180 g/mol. The molecule has 0 radical (unpaired) electrons. The molecule has 1 aliphatic carbocycles. The number of hydrogen-bond acceptors (Lipinski definition) is 3. The van der Waals surface area contributed by atoms with Crippen LogP contribution < -0.4 is 22.1 Å². The van der Waals surface area contributed by atoms with Crippen molar-refractivity contribution < 1.29 is 4.79 Å². The number of carbonyl (C=O) groups excluding carboxylic acids is 1. The van der Waals surface area contributed by atoms with Gasteiger partial charge in [0, 0.05) is 25.2 Å². The molecule has 5 heteroatoms. The van der Waals surface area contributed by atoms with Crippen molar-refractivity contribution in [3.05, 3.63) is 0 Å². The molecule has 1 fully saturated rings. The van der Waals surface area contributed by atoms with Crippen LogP contribution in [0.25, 0.3) is 0 Å². The third-order valence-electron chi connectivity index (χ3n) is 2.63. The van der Waals surface area contributed by atoms with Gasteiger partial charge >= 0.3 is 6.03 Å². The number of rotatable bonds is 4. The van der Waals surface area contributed by atoms with Crippen LogP contribution in [0.3, 0.4) is 0 Å². The highest BCUT2D eigenvalue weighted by atomic mass is 16.2. The number of carbonyl (C=O) groups is 1. The van der Waals surface area contributed by atoms with E-state index in [0.717, 1.165) is 32.2 Å². The summed E-state index contributed by atoms with van der Waals surface area (Å²) in [7, 11) is 0. The smallest absolute Gasteiger partial charge is 0.312 e. The molecule has 0 aromatic rings. The zero-order chi connectivity index (χ0) is 10.4. The molecule has 2 amide bonds. The predicted molar refractivity (Wildman–Crippen MR) is 55.8 cm³/mol. The van der Waals surface area contributed by atoms with Gasteiger partial charge in [0.15, 0.2) is 0 Å². The Labute approximate surface area is 84.6 Å². The lowest BCUT2D eigenvalue weighted by Crippen LogP contribution is -2.41. The Bertz CT molecular complexity index is 178. The topological polar surface area (TPSA) is 93.2 Å². The quantitative estimate of drug-likeness (QED) is 0.461. The second kappa shape index (κ2) is 5.82. The molecule has 1 saturated carbocycles. The van der Waals surface area contributed by atoms with E-state index in [0.29, 0.717) is 18.6 Å². The van der Waals surface area contributed by atoms with Gasteiger partial charge in [-0.15, -0.1) is 0 Å². The van der Waals surface area contributed by atoms with E-state index < -0.39 is 6.03 Å². The monoisotopic (exact) mass is 200 g/mol. The summed E-state index contributed by atoms with van der Waals surface area (Å²) in [4.78, 5) is 10.4. The Kier molecular flexibility index (Phi) is 4.69. The number of amides is 2. The highest BCUT2D eigenvalue weighted by Crippen LogP contribution is 2.16. The van der Waals surface area contributed by atoms with E-state index in [4.69, 9.17) is 11.5 Å². The number of hydrogen-bond donors (Lipinski definition) is 4. The standard InChI is InChI=1S/C9H20N4O/c10-7-1-3-8(4-2-7)12-5-6-13-9(11)14/h7-8,12H,1-6,10H2,(H3,11,13,14). The Morgan fingerprint density at radius 3 is 2.43 bits per heavy atom. The fraction of sp³-hybridized carbons (Fsp3) is 0.889. The van der Waals surface area contributed by atoms with Crippen molar-refractivity contribution >= 4 is 6.03 Å². The van der Waals surface area contributed by atoms with Crippen molar-refractivity contribution in [2.24, 2.45) is 11.5 Å². The molecule has 1 rings (SSSR count). The Balaban J connectivity index is 1.99. The number of primary amides is 1. The van der Waals surface area contributed by atoms with Crippen LogP contribution in [0, 0.1) is 0 Å². The Morgan fingerprint density at radius 2 is 1.86 bits per heavy atom. The average molecular weight is 200 g/mol. The summed E-state index contributed by atoms with van der Waals surface area (Å²) in [6, 6.07) is 0.485. The van der Waals surface area contributed by atoms with Crippen LogP contribution >= 0.6 is 0 Å². The van der Waals surface area contributed by atoms with E-state index in [1.54, 1.807) is 0 Å². The Hall–Kier alpha value is -0.810. The molecule has 0 aromatic heterocycles. The van der Waals surface area contributed by atoms with E-state index in [9.17, 15) is 4.79 Å². The summed E-state index contributed by atoms with van der Waals surface area (Å²) in [6.45, 7) is 1.38. The maximum absolute atomic E-state index is 10.4. The molecule has 0 bridgehead atoms. The molecule has 14 heavy (non-hydrogen) atoms. The van der Waals surface area contributed by atoms with E-state index in [2.05, 4.69) is 10.6 Å². The van der Waals surface area contributed by atoms with Gasteiger partial charge in [-0.3, -0.25) is 0 Å². The molecule has 0 spiro atoms. The lowest BCUT2D eigenvalue weighted by Gasteiger charge is -2.26. The van der Waals surface area contributed by atoms with Crippen LogP contribution in [0.2, 0.25) is 0 Å². The zero-order valence-electron chi connectivity index (χ0n) is 8.46. The van der Waals surface area contributed by atoms with Gasteiger partial charge in [-0.1, -0.05) is 0 Å². The van der Waals surface area contributed by atoms with E-state index >= 15 is 0 Å². The third-order valence-corrected chi connectivity index (χ3v) is 2.63. The van der Waals surface area contributed by atoms with E-state index in [1.165, 1.54) is 0 Å². The van der Waals surface area contributed by atoms with Gasteiger partial charge in [-0.05, 0) is 25.7 Å². The summed E-state index contributed by atoms with van der Waals surface area (Å²) in [5.41, 5.74) is 10.7. The second-order valence-corrected chi connectivity index (χ2v) is 3.86. The summed E-state index contributed by atoms with van der Waals surface area (Å²) in [6.07, 6.45) is 4.47. The number of nitrogens with two attached hydrogens (primary N) is 2. The molecular formula is C9H20N4O. The van der Waals surface area contributed by atoms with Gasteiger partial charge in [0.2, 0.25) is 0 Å². The average Bonchev–Trinajstić information content (AvgIpc) is 2.15. The lowest BCUT2D eigenvalue weighted by atomic mass is 9.92. The minimum absolute atomic E-state index is 0.386. The maximum Gasteiger partial charge on any atom is 0.312 e. The van der Waals surface area contributed by atoms with Gasteiger partial charge in [0.1, 0.15) is 0 Å². The molecule has 82 valence electrons. The normalized spacial score (nSPS) is 27.2. The van der Waals surface area contributed by atoms with Crippen LogP contribution in [-0.4, -0.2) is 31.2 Å². The van der Waals surface area contributed by atoms with Crippen LogP contribution in [0.15, 0.2) is 0 Å². The fourth-order valence-electron chi connectivity index (χ4n) is 1.79. The van der Waals surface area contributed by atoms with Crippen LogP contribution in [-0.2, 0) is 0 Å². The van der Waals surface area contributed by atoms with Gasteiger partial charge in [-0.2, -0.15) is 0 Å². The first-order valence-electron chi connectivity index (χ1n) is 5.20. The molecule has 0 aromatic carbocycles. The molecule has 1 aliphatic rings. The molecule has 6 N–H and O–H groups in total. The molecule has 0 heterocycles. The van der Waals surface area contributed by atoms with Gasteiger partial charge in [-0.25, -0.2) is 4.79 Å². The molecule has 0 unspecified atom stereocenters. The molecule has 0 saturated heterocycles. The minimum Gasteiger partial charge on any atom is -0.352 e. The van der Waals surface area contributed by atoms with E-state index in [1.807, 2.05) is 0 Å². The van der Waals surface area contributed by atoms with Crippen LogP contribution in [0.4, 0.5) is 4.79 Å². The Morgan fingerprint density at radius 1 is 1.21 bits per heavy atom. The third kappa shape index (κ3) is 4.43. The largest absolute Gasteiger partial charge is 0.352 e. The van der Waals surface area contributed by atoms with E-state index in [-0.39, 0.29) is 0 Å². The summed E-state index contributed by atoms with van der Waals surface area (Å²) in [5, 5.41) is 5.92. The molecule has 0 atom stereocenters. The first-order valence-corrected chi connectivity index (χ1v) is 5.20. The van der Waals surface area contributed by atoms with Crippen molar-refractivity contribution in [3.63, 3.8) is 0 Å². The molecule has 5 nitrogen and oxygen atoms in total. The fourth-order valence-corrected chi connectivity index (χ4v) is 1.79. The maximum atomic E-state index is 10.4. The van der Waals surface area contributed by atoms with Gasteiger partial charge < -0.3 is 22.1 Å². The van der Waals surface area contributed by atoms with Crippen molar-refractivity contribution in [3.8, 4) is 0 Å². The first kappa shape index (κ1) is 11.3. The summed E-state index contributed by atoms with van der Waals surface area (Å²) < 4.78 is 0. The minimum atomic E-state index is -0.461. The summed E-state index contributed by atoms with van der Waals surface area (Å²) >= 11 is 0. The SMILES string of the molecule is NC(=O)NCCNC1CCC(N)CC1. The predicted octanol–water partition coefficient (Wildman–Crippen LogP) is -0.486. The van der Waals surface area contributed by atoms with Crippen molar-refractivity contribution in [2.75, 3.05) is 13.1 Å². The number of nitrogens with one attached hydrogen (secondary N) is 2. The first-order chi connectivity index (χ1) is 6.68. The highest BCUT2D eigenvalue weighted by molar-refractivity contribution is 5.71. The van der Waals surface area contributed by atoms with Crippen LogP contribution in [0.5, 0.6) is 0 Å². The lowest BCUT2D eigenvalue weighted by molar-refractivity contribution is 0.248. The highest BCUT2D eigenvalue weighted by Gasteiger charge is 2.17. The number of urea groups is 1. The summed E-state index contributed by atoms with van der Waals surface area (Å²) in [5.74, 6) is 0. The zero-order valence-corrected chi connectivity index (χ0v) is 8.46. The van der Waals surface area contributed by atoms with Crippen molar-refractivity contribution in [1.29, 1.82) is 0 Å². The van der Waals surface area contributed by atoms with Gasteiger partial charge in [0.05, 0.1) is 0 Å². The van der Waals surface area contributed by atoms with Crippen molar-refractivity contribution in [1.82, 2.24) is 10.6 Å². The van der Waals surface area contributed by atoms with Gasteiger partial charge in [0.25, 0.3) is 0 Å². The molecule has 0 aliphatic heterocycles. The second-order valence-electron chi connectivity index (χ2n) is 3.86. The van der Waals surface area contributed by atoms with Crippen LogP contribution in [0.1, 0.15) is 25.7 Å². The van der Waals surface area contributed by atoms with Crippen molar-refractivity contribution in [2.45, 2.75) is 37.8 Å².